The summed E-state index contributed by atoms with van der Waals surface area (Å²) in [4.78, 5) is 24.4. The first kappa shape index (κ1) is 48.4. The van der Waals surface area contributed by atoms with Crippen LogP contribution in [-0.4, -0.2) is 55.2 Å². The number of unbranched alkanes of at least 4 members (excludes halogenated alkanes) is 2. The van der Waals surface area contributed by atoms with Gasteiger partial charge in [-0.05, 0) is 153 Å². The van der Waals surface area contributed by atoms with Gasteiger partial charge < -0.3 is 24.4 Å². The molecule has 1 saturated carbocycles. The van der Waals surface area contributed by atoms with Crippen LogP contribution in [0, 0.1) is 17.2 Å². The predicted octanol–water partition coefficient (Wildman–Crippen LogP) is 11.8. The van der Waals surface area contributed by atoms with E-state index in [0.717, 1.165) is 64.1 Å². The summed E-state index contributed by atoms with van der Waals surface area (Å²) in [5.74, 6) is 0.851. The van der Waals surface area contributed by atoms with E-state index < -0.39 is 17.4 Å². The predicted molar refractivity (Wildman–Crippen MR) is 241 cm³/mol. The van der Waals surface area contributed by atoms with E-state index in [-0.39, 0.29) is 38.9 Å². The molecule has 0 unspecified atom stereocenters. The normalized spacial score (nSPS) is 15.4. The Kier molecular flexibility index (Phi) is 19.6. The molecule has 0 saturated heterocycles. The molecule has 3 aromatic carbocycles. The molecule has 4 rings (SSSR count). The first-order valence-corrected chi connectivity index (χ1v) is 22.5. The van der Waals surface area contributed by atoms with E-state index in [1.807, 2.05) is 19.1 Å². The first-order valence-electron chi connectivity index (χ1n) is 22.5. The van der Waals surface area contributed by atoms with Crippen molar-refractivity contribution in [2.45, 2.75) is 137 Å². The molecule has 0 bridgehead atoms. The van der Waals surface area contributed by atoms with E-state index in [9.17, 15) is 19.8 Å². The van der Waals surface area contributed by atoms with Crippen LogP contribution in [0.1, 0.15) is 140 Å². The monoisotopic (exact) mass is 827 g/mol. The molecule has 0 radical (unpaired) electrons. The number of esters is 2. The molecule has 1 aliphatic carbocycles. The minimum absolute atomic E-state index is 0.159. The van der Waals surface area contributed by atoms with Crippen LogP contribution < -0.4 is 4.74 Å². The van der Waals surface area contributed by atoms with Gasteiger partial charge in [0.15, 0.2) is 0 Å². The van der Waals surface area contributed by atoms with E-state index in [4.69, 9.17) is 14.2 Å². The second kappa shape index (κ2) is 24.2. The van der Waals surface area contributed by atoms with E-state index in [1.165, 1.54) is 38.5 Å². The third kappa shape index (κ3) is 13.6. The largest absolute Gasteiger partial charge is 0.493 e. The number of hydrogen-bond donors (Lipinski definition) is 2. The van der Waals surface area contributed by atoms with Crippen LogP contribution in [0.15, 0.2) is 72.8 Å². The Bertz CT molecular complexity index is 1820. The number of carbonyl (C=O) groups excluding carboxylic acids is 2. The number of rotatable bonds is 25. The number of halogens is 1. The van der Waals surface area contributed by atoms with E-state index in [2.05, 4.69) is 57.3 Å². The molecule has 0 heterocycles. The zero-order valence-corrected chi connectivity index (χ0v) is 37.1. The van der Waals surface area contributed by atoms with Crippen molar-refractivity contribution < 1.29 is 38.4 Å². The molecule has 0 amide bonds. The number of aryl methyl sites for hydroxylation is 3. The maximum absolute atomic E-state index is 16.0. The summed E-state index contributed by atoms with van der Waals surface area (Å²) in [6.07, 6.45) is 13.8. The Morgan fingerprint density at radius 2 is 1.32 bits per heavy atom. The minimum Gasteiger partial charge on any atom is -0.493 e. The fourth-order valence-corrected chi connectivity index (χ4v) is 8.37. The molecule has 1 aliphatic rings. The average molecular weight is 827 g/mol. The Balaban J connectivity index is 1.67. The van der Waals surface area contributed by atoms with Gasteiger partial charge in [0.1, 0.15) is 11.6 Å². The highest BCUT2D eigenvalue weighted by atomic mass is 19.1. The zero-order chi connectivity index (χ0) is 43.7. The Morgan fingerprint density at radius 1 is 0.733 bits per heavy atom. The third-order valence-corrected chi connectivity index (χ3v) is 12.5. The lowest BCUT2D eigenvalue weighted by atomic mass is 9.77. The molecule has 2 N–H and O–H groups in total. The summed E-state index contributed by atoms with van der Waals surface area (Å²) < 4.78 is 33.5. The second-order valence-electron chi connectivity index (χ2n) is 17.1. The van der Waals surface area contributed by atoms with Gasteiger partial charge in [0.2, 0.25) is 0 Å². The quantitative estimate of drug-likeness (QED) is 0.0498. The summed E-state index contributed by atoms with van der Waals surface area (Å²) in [6.45, 7) is 17.3. The van der Waals surface area contributed by atoms with Crippen LogP contribution in [-0.2, 0) is 38.3 Å². The highest BCUT2D eigenvalue weighted by Gasteiger charge is 2.27. The van der Waals surface area contributed by atoms with Crippen LogP contribution >= 0.6 is 0 Å². The van der Waals surface area contributed by atoms with Crippen molar-refractivity contribution in [2.75, 3.05) is 33.0 Å². The lowest BCUT2D eigenvalue weighted by Crippen LogP contribution is -2.31. The second-order valence-corrected chi connectivity index (χ2v) is 17.1. The Morgan fingerprint density at radius 3 is 1.83 bits per heavy atom. The minimum atomic E-state index is -0.668. The molecule has 3 aromatic rings. The molecule has 0 spiro atoms. The van der Waals surface area contributed by atoms with E-state index in [0.29, 0.717) is 66.9 Å². The van der Waals surface area contributed by atoms with Gasteiger partial charge in [0.25, 0.3) is 0 Å². The van der Waals surface area contributed by atoms with Gasteiger partial charge in [-0.2, -0.15) is 0 Å². The van der Waals surface area contributed by atoms with Crippen LogP contribution in [0.4, 0.5) is 4.39 Å². The fourth-order valence-electron chi connectivity index (χ4n) is 8.37. The molecule has 328 valence electrons. The first-order chi connectivity index (χ1) is 28.9. The van der Waals surface area contributed by atoms with Crippen molar-refractivity contribution >= 4 is 11.9 Å². The van der Waals surface area contributed by atoms with Crippen LogP contribution in [0.5, 0.6) is 5.75 Å². The van der Waals surface area contributed by atoms with Gasteiger partial charge >= 0.3 is 11.9 Å². The van der Waals surface area contributed by atoms with Gasteiger partial charge in [0, 0.05) is 22.1 Å². The number of aliphatic hydroxyl groups is 2. The fraction of sp³-hybridized carbons (Fsp3) is 0.538. The Labute approximate surface area is 359 Å². The zero-order valence-electron chi connectivity index (χ0n) is 37.1. The van der Waals surface area contributed by atoms with Crippen LogP contribution in [0.25, 0.3) is 22.3 Å². The van der Waals surface area contributed by atoms with Crippen molar-refractivity contribution in [1.29, 1.82) is 0 Å². The van der Waals surface area contributed by atoms with E-state index >= 15 is 4.39 Å². The maximum atomic E-state index is 16.0. The summed E-state index contributed by atoms with van der Waals surface area (Å²) >= 11 is 0. The summed E-state index contributed by atoms with van der Waals surface area (Å²) in [5.41, 5.74) is 7.47. The smallest absolute Gasteiger partial charge is 0.333 e. The highest BCUT2D eigenvalue weighted by Crippen LogP contribution is 2.40. The summed E-state index contributed by atoms with van der Waals surface area (Å²) in [6, 6.07) is 16.3. The topological polar surface area (TPSA) is 102 Å². The third-order valence-electron chi connectivity index (χ3n) is 12.5. The van der Waals surface area contributed by atoms with Crippen molar-refractivity contribution in [1.82, 2.24) is 0 Å². The average Bonchev–Trinajstić information content (AvgIpc) is 3.25. The van der Waals surface area contributed by atoms with Gasteiger partial charge in [-0.3, -0.25) is 0 Å². The van der Waals surface area contributed by atoms with Crippen LogP contribution in [0.3, 0.4) is 0 Å². The molecular weight excluding hydrogens is 756 g/mol. The lowest BCUT2D eigenvalue weighted by Gasteiger charge is -2.29. The van der Waals surface area contributed by atoms with Gasteiger partial charge in [-0.15, -0.1) is 0 Å². The van der Waals surface area contributed by atoms with Crippen molar-refractivity contribution in [3.8, 4) is 28.0 Å². The van der Waals surface area contributed by atoms with Gasteiger partial charge in [-0.1, -0.05) is 89.9 Å². The molecule has 1 fully saturated rings. The summed E-state index contributed by atoms with van der Waals surface area (Å²) in [7, 11) is 0. The molecule has 8 heteroatoms. The number of aliphatic hydroxyl groups excluding tert-OH is 2. The number of hydrogen-bond acceptors (Lipinski definition) is 7. The Hall–Kier alpha value is -4.27. The SMILES string of the molecule is C=C(C)C(=O)OCCCc1cc(-c2ccc(-c3ccc(C4CCC(CCCCC)CC4)cc3F)cc2CC)cc(CCCOC(=O)C(=C)C)c1OCCC(CC)(CO)CO. The molecular formula is C52H71FO7. The van der Waals surface area contributed by atoms with Crippen molar-refractivity contribution in [3.05, 3.63) is 101 Å². The van der Waals surface area contributed by atoms with Crippen molar-refractivity contribution in [3.63, 3.8) is 0 Å². The van der Waals surface area contributed by atoms with Gasteiger partial charge in [-0.25, -0.2) is 14.0 Å². The molecule has 60 heavy (non-hydrogen) atoms. The molecule has 0 atom stereocenters. The highest BCUT2D eigenvalue weighted by molar-refractivity contribution is 5.87. The lowest BCUT2D eigenvalue weighted by molar-refractivity contribution is -0.139. The molecule has 0 aromatic heterocycles. The standard InChI is InChI=1S/C52H71FO7/c1-8-11-12-15-38-18-20-40(21-19-38)41-22-25-47(48(53)33-41)42-23-24-46(39(9-2)30-42)45-31-43(16-13-27-59-50(56)36(4)5)49(58-29-26-52(10-3,34-54)35-55)44(32-45)17-14-28-60-51(57)37(6)7/h22-25,30-33,38,40,54-55H,4,6,8-21,26-29,34-35H2,1-3,5,7H3. The summed E-state index contributed by atoms with van der Waals surface area (Å²) in [5, 5.41) is 20.3. The number of benzene rings is 3. The molecule has 0 aliphatic heterocycles. The number of carbonyl (C=O) groups is 2. The van der Waals surface area contributed by atoms with Crippen LogP contribution in [0.2, 0.25) is 0 Å². The van der Waals surface area contributed by atoms with E-state index in [1.54, 1.807) is 19.9 Å². The van der Waals surface area contributed by atoms with Gasteiger partial charge in [0.05, 0.1) is 33.0 Å². The number of ether oxygens (including phenoxy) is 3. The maximum Gasteiger partial charge on any atom is 0.333 e. The van der Waals surface area contributed by atoms with Crippen molar-refractivity contribution in [2.24, 2.45) is 11.3 Å². The molecule has 7 nitrogen and oxygen atoms in total.